The molecule has 5 N–H and O–H groups in total. The summed E-state index contributed by atoms with van der Waals surface area (Å²) in [4.78, 5) is 29.9. The van der Waals surface area contributed by atoms with Crippen molar-refractivity contribution in [2.75, 3.05) is 14.1 Å². The van der Waals surface area contributed by atoms with Gasteiger partial charge in [-0.2, -0.15) is 9.97 Å². The number of halogens is 1. The molecule has 0 aliphatic carbocycles. The van der Waals surface area contributed by atoms with E-state index in [-0.39, 0.29) is 23.6 Å². The Morgan fingerprint density at radius 2 is 1.88 bits per heavy atom. The largest absolute Gasteiger partial charge is 0.435 e. The number of fused-ring (bicyclic) bond motifs is 1. The first-order chi connectivity index (χ1) is 15.7. The van der Waals surface area contributed by atoms with Gasteiger partial charge in [0.2, 0.25) is 0 Å². The fourth-order valence-electron chi connectivity index (χ4n) is 3.01. The topological polar surface area (TPSA) is 145 Å². The van der Waals surface area contributed by atoms with Crippen LogP contribution in [0.4, 0.5) is 0 Å². The normalized spacial score (nSPS) is 10.8. The zero-order valence-electron chi connectivity index (χ0n) is 18.1. The minimum Gasteiger partial charge on any atom is -0.435 e. The number of amidine groups is 1. The number of hydrogen-bond donors (Lipinski definition) is 3. The van der Waals surface area contributed by atoms with Crippen molar-refractivity contribution in [3.05, 3.63) is 64.4 Å². The standard InChI is InChI=1S/C22H20ClN7O3/c1-11-26-17-19(27-11)28-22(32-14-6-4-5-13(9-14)21(31)30(2)3)29-20(17)33-16-10-12(18(24)25)7-8-15(16)23/h4-10H,1-3H3,(H3,24,25)(H,26,27,28,29)/p+1. The second-order valence-electron chi connectivity index (χ2n) is 7.36. The Hall–Kier alpha value is -4.18. The molecule has 168 valence electrons. The van der Waals surface area contributed by atoms with Gasteiger partial charge in [0.15, 0.2) is 5.65 Å². The lowest BCUT2D eigenvalue weighted by Gasteiger charge is -2.12. The number of imidazole rings is 1. The molecule has 2 aromatic heterocycles. The Kier molecular flexibility index (Phi) is 5.84. The van der Waals surface area contributed by atoms with E-state index in [9.17, 15) is 4.79 Å². The fraction of sp³-hybridized carbons (Fsp3) is 0.136. The number of amides is 1. The molecular formula is C22H21ClN7O3+. The van der Waals surface area contributed by atoms with Gasteiger partial charge in [0.05, 0.1) is 10.6 Å². The van der Waals surface area contributed by atoms with Gasteiger partial charge in [0.1, 0.15) is 22.8 Å². The number of aromatic nitrogens is 4. The van der Waals surface area contributed by atoms with Crippen molar-refractivity contribution in [2.24, 2.45) is 5.73 Å². The number of nitrogens with zero attached hydrogens (tertiary/aromatic N) is 4. The molecule has 0 saturated heterocycles. The highest BCUT2D eigenvalue weighted by Crippen LogP contribution is 2.34. The smallest absolute Gasteiger partial charge is 0.327 e. The number of rotatable bonds is 6. The van der Waals surface area contributed by atoms with E-state index < -0.39 is 0 Å². The number of aryl methyl sites for hydroxylation is 1. The summed E-state index contributed by atoms with van der Waals surface area (Å²) in [5.41, 5.74) is 7.51. The van der Waals surface area contributed by atoms with Crippen LogP contribution in [0.2, 0.25) is 5.02 Å². The average Bonchev–Trinajstić information content (AvgIpc) is 3.15. The molecule has 0 unspecified atom stereocenters. The molecule has 0 aliphatic heterocycles. The van der Waals surface area contributed by atoms with Crippen molar-refractivity contribution in [1.82, 2.24) is 24.8 Å². The molecule has 0 radical (unpaired) electrons. The maximum absolute atomic E-state index is 12.3. The molecule has 0 atom stereocenters. The lowest BCUT2D eigenvalue weighted by Crippen LogP contribution is -2.46. The third-order valence-electron chi connectivity index (χ3n) is 4.58. The summed E-state index contributed by atoms with van der Waals surface area (Å²) in [6.45, 7) is 1.78. The lowest BCUT2D eigenvalue weighted by molar-refractivity contribution is -0.114. The summed E-state index contributed by atoms with van der Waals surface area (Å²) in [6.07, 6.45) is 0. The van der Waals surface area contributed by atoms with E-state index in [1.807, 2.05) is 0 Å². The molecule has 2 aromatic carbocycles. The Morgan fingerprint density at radius 1 is 1.09 bits per heavy atom. The highest BCUT2D eigenvalue weighted by molar-refractivity contribution is 6.32. The predicted molar refractivity (Wildman–Crippen MR) is 123 cm³/mol. The third kappa shape index (κ3) is 4.70. The van der Waals surface area contributed by atoms with Gasteiger partial charge >= 0.3 is 6.01 Å². The molecule has 4 rings (SSSR count). The van der Waals surface area contributed by atoms with Crippen molar-refractivity contribution >= 4 is 34.5 Å². The Bertz CT molecular complexity index is 1380. The maximum Gasteiger partial charge on any atom is 0.327 e. The van der Waals surface area contributed by atoms with E-state index in [1.54, 1.807) is 63.5 Å². The van der Waals surface area contributed by atoms with Gasteiger partial charge in [-0.25, -0.2) is 4.98 Å². The van der Waals surface area contributed by atoms with Gasteiger partial charge in [-0.05, 0) is 43.3 Å². The summed E-state index contributed by atoms with van der Waals surface area (Å²) in [6, 6.07) is 11.6. The summed E-state index contributed by atoms with van der Waals surface area (Å²) < 4.78 is 11.8. The van der Waals surface area contributed by atoms with Crippen LogP contribution in [0, 0.1) is 6.92 Å². The van der Waals surface area contributed by atoms with E-state index in [0.717, 1.165) is 0 Å². The van der Waals surface area contributed by atoms with Crippen molar-refractivity contribution in [3.8, 4) is 23.4 Å². The third-order valence-corrected chi connectivity index (χ3v) is 4.90. The predicted octanol–water partition coefficient (Wildman–Crippen LogP) is 2.07. The van der Waals surface area contributed by atoms with Crippen LogP contribution in [0.5, 0.6) is 23.4 Å². The van der Waals surface area contributed by atoms with Gasteiger partial charge in [0.25, 0.3) is 17.6 Å². The molecule has 10 nitrogen and oxygen atoms in total. The van der Waals surface area contributed by atoms with Gasteiger partial charge in [-0.3, -0.25) is 15.9 Å². The van der Waals surface area contributed by atoms with Gasteiger partial charge in [0, 0.05) is 19.7 Å². The van der Waals surface area contributed by atoms with Crippen LogP contribution < -0.4 is 20.6 Å². The van der Waals surface area contributed by atoms with E-state index in [0.29, 0.717) is 44.6 Å². The summed E-state index contributed by atoms with van der Waals surface area (Å²) >= 11 is 6.30. The highest BCUT2D eigenvalue weighted by Gasteiger charge is 2.18. The van der Waals surface area contributed by atoms with Crippen LogP contribution in [-0.2, 0) is 0 Å². The Morgan fingerprint density at radius 3 is 2.61 bits per heavy atom. The minimum atomic E-state index is -0.158. The Labute approximate surface area is 193 Å². The van der Waals surface area contributed by atoms with Crippen LogP contribution in [0.3, 0.4) is 0 Å². The van der Waals surface area contributed by atoms with E-state index in [2.05, 4.69) is 19.9 Å². The highest BCUT2D eigenvalue weighted by atomic mass is 35.5. The van der Waals surface area contributed by atoms with E-state index in [4.69, 9.17) is 32.2 Å². The quantitative estimate of drug-likeness (QED) is 0.291. The minimum absolute atomic E-state index is 0.0179. The zero-order chi connectivity index (χ0) is 23.7. The van der Waals surface area contributed by atoms with Gasteiger partial charge in [-0.1, -0.05) is 17.7 Å². The monoisotopic (exact) mass is 466 g/mol. The number of aromatic amines is 1. The molecule has 0 fully saturated rings. The van der Waals surface area contributed by atoms with Crippen LogP contribution >= 0.6 is 11.6 Å². The summed E-state index contributed by atoms with van der Waals surface area (Å²) in [5, 5.41) is 6.02. The van der Waals surface area contributed by atoms with E-state index in [1.165, 1.54) is 4.90 Å². The maximum atomic E-state index is 12.3. The molecule has 0 bridgehead atoms. The first kappa shape index (κ1) is 22.0. The molecule has 0 saturated carbocycles. The number of nitrogens with two attached hydrogens (primary N) is 2. The second kappa shape index (κ2) is 8.75. The van der Waals surface area contributed by atoms with Crippen molar-refractivity contribution in [2.45, 2.75) is 6.92 Å². The molecule has 0 aliphatic rings. The van der Waals surface area contributed by atoms with Crippen LogP contribution in [0.25, 0.3) is 11.2 Å². The number of ether oxygens (including phenoxy) is 2. The molecule has 11 heteroatoms. The molecule has 2 heterocycles. The first-order valence-corrected chi connectivity index (χ1v) is 10.2. The molecule has 33 heavy (non-hydrogen) atoms. The van der Waals surface area contributed by atoms with Crippen LogP contribution in [-0.4, -0.2) is 50.7 Å². The zero-order valence-corrected chi connectivity index (χ0v) is 18.8. The van der Waals surface area contributed by atoms with E-state index >= 15 is 0 Å². The van der Waals surface area contributed by atoms with Crippen molar-refractivity contribution < 1.29 is 19.7 Å². The fourth-order valence-corrected chi connectivity index (χ4v) is 3.17. The van der Waals surface area contributed by atoms with Crippen molar-refractivity contribution in [3.63, 3.8) is 0 Å². The molecule has 4 aromatic rings. The lowest BCUT2D eigenvalue weighted by atomic mass is 10.2. The number of H-pyrrole nitrogens is 1. The first-order valence-electron chi connectivity index (χ1n) is 9.81. The molecular weight excluding hydrogens is 446 g/mol. The second-order valence-corrected chi connectivity index (χ2v) is 7.77. The van der Waals surface area contributed by atoms with Gasteiger partial charge in [-0.15, -0.1) is 0 Å². The van der Waals surface area contributed by atoms with Crippen molar-refractivity contribution in [1.29, 1.82) is 0 Å². The molecule has 0 spiro atoms. The van der Waals surface area contributed by atoms with Crippen LogP contribution in [0.15, 0.2) is 42.5 Å². The summed E-state index contributed by atoms with van der Waals surface area (Å²) in [7, 11) is 3.35. The number of carbonyl (C=O) groups excluding carboxylic acids is 1. The number of nitrogens with one attached hydrogen (secondary N) is 1. The number of hydrogen-bond acceptors (Lipinski definition) is 6. The number of carbonyl (C=O) groups is 1. The Balaban J connectivity index is 1.73. The SMILES string of the molecule is Cc1nc2nc(Oc3cccc(C(=O)N(C)C)c3)nc(Oc3cc(C(N)=[NH2+])ccc3Cl)c2[nH]1. The van der Waals surface area contributed by atoms with Crippen LogP contribution in [0.1, 0.15) is 21.7 Å². The molecule has 1 amide bonds. The van der Waals surface area contributed by atoms with Gasteiger partial charge < -0.3 is 19.4 Å². The number of benzene rings is 2. The summed E-state index contributed by atoms with van der Waals surface area (Å²) in [5.74, 6) is 1.39. The average molecular weight is 467 g/mol.